The molecular weight excluding hydrogens is 424 g/mol. The summed E-state index contributed by atoms with van der Waals surface area (Å²) in [5, 5.41) is 18.3. The molecule has 1 aliphatic carbocycles. The maximum absolute atomic E-state index is 12.8. The number of ether oxygens (including phenoxy) is 2. The molecule has 0 bridgehead atoms. The van der Waals surface area contributed by atoms with Crippen LogP contribution in [0.15, 0.2) is 6.20 Å². The number of hydrogen-bond donors (Lipinski definition) is 1. The maximum atomic E-state index is 12.8. The minimum absolute atomic E-state index is 0.0321. The fourth-order valence-corrected chi connectivity index (χ4v) is 4.67. The summed E-state index contributed by atoms with van der Waals surface area (Å²) < 4.78 is 11.7. The predicted octanol–water partition coefficient (Wildman–Crippen LogP) is 3.72. The van der Waals surface area contributed by atoms with Crippen molar-refractivity contribution in [2.75, 3.05) is 12.4 Å². The minimum atomic E-state index is -0.590. The monoisotopic (exact) mass is 450 g/mol. The zero-order valence-electron chi connectivity index (χ0n) is 17.8. The van der Waals surface area contributed by atoms with Crippen molar-refractivity contribution in [3.8, 4) is 5.88 Å². The Hall–Kier alpha value is -2.95. The Labute approximate surface area is 183 Å². The van der Waals surface area contributed by atoms with Gasteiger partial charge in [0.2, 0.25) is 5.91 Å². The molecule has 1 unspecified atom stereocenters. The molecule has 1 aliphatic rings. The highest BCUT2D eigenvalue weighted by molar-refractivity contribution is 7.17. The van der Waals surface area contributed by atoms with Crippen LogP contribution in [0.2, 0.25) is 0 Å². The average molecular weight is 451 g/mol. The number of fused-ring (bicyclic) bond motifs is 1. The van der Waals surface area contributed by atoms with E-state index >= 15 is 0 Å². The van der Waals surface area contributed by atoms with Crippen molar-refractivity contribution in [2.45, 2.75) is 65.0 Å². The summed E-state index contributed by atoms with van der Waals surface area (Å²) in [5.74, 6) is -0.823. The van der Waals surface area contributed by atoms with Crippen molar-refractivity contribution < 1.29 is 24.0 Å². The summed E-state index contributed by atoms with van der Waals surface area (Å²) >= 11 is 1.42. The number of amides is 1. The van der Waals surface area contributed by atoms with Crippen molar-refractivity contribution >= 4 is 33.9 Å². The highest BCUT2D eigenvalue weighted by atomic mass is 32.1. The number of esters is 1. The van der Waals surface area contributed by atoms with Gasteiger partial charge in [0.05, 0.1) is 30.2 Å². The number of rotatable bonds is 9. The van der Waals surface area contributed by atoms with Crippen LogP contribution in [0.3, 0.4) is 0 Å². The number of anilines is 1. The molecule has 0 saturated carbocycles. The highest BCUT2D eigenvalue weighted by Crippen LogP contribution is 2.39. The van der Waals surface area contributed by atoms with E-state index in [0.717, 1.165) is 36.1 Å². The van der Waals surface area contributed by atoms with Crippen LogP contribution >= 0.6 is 11.3 Å². The van der Waals surface area contributed by atoms with Gasteiger partial charge >= 0.3 is 17.5 Å². The molecule has 0 fully saturated rings. The third-order valence-corrected chi connectivity index (χ3v) is 6.39. The number of nitrogens with one attached hydrogen (secondary N) is 1. The first-order valence-corrected chi connectivity index (χ1v) is 11.1. The van der Waals surface area contributed by atoms with Crippen LogP contribution in [0.1, 0.15) is 60.3 Å². The molecule has 0 spiro atoms. The van der Waals surface area contributed by atoms with Gasteiger partial charge in [0, 0.05) is 11.3 Å². The van der Waals surface area contributed by atoms with E-state index < -0.39 is 10.9 Å². The zero-order valence-corrected chi connectivity index (χ0v) is 18.6. The SMILES string of the molecule is CCC(C)OC(=O)c1c(NC(=O)CCn2cc([N+](=O)[O-])c(OC)n2)sc2c1CCCC2. The molecule has 1 N–H and O–H groups in total. The van der Waals surface area contributed by atoms with Crippen LogP contribution in [0.4, 0.5) is 10.7 Å². The summed E-state index contributed by atoms with van der Waals surface area (Å²) in [6.07, 6.45) is 5.50. The molecule has 0 saturated heterocycles. The smallest absolute Gasteiger partial charge is 0.350 e. The Bertz CT molecular complexity index is 983. The number of carbonyl (C=O) groups is 2. The van der Waals surface area contributed by atoms with Gasteiger partial charge in [-0.25, -0.2) is 4.79 Å². The van der Waals surface area contributed by atoms with Gasteiger partial charge in [0.15, 0.2) is 0 Å². The molecular formula is C20H26N4O6S. The normalized spacial score (nSPS) is 13.9. The van der Waals surface area contributed by atoms with Crippen LogP contribution in [0.5, 0.6) is 5.88 Å². The molecule has 11 heteroatoms. The Kier molecular flexibility index (Phi) is 7.26. The number of nitro groups is 1. The Morgan fingerprint density at radius 1 is 1.39 bits per heavy atom. The maximum Gasteiger partial charge on any atom is 0.350 e. The lowest BCUT2D eigenvalue weighted by Gasteiger charge is -2.15. The molecule has 0 aromatic carbocycles. The lowest BCUT2D eigenvalue weighted by molar-refractivity contribution is -0.385. The van der Waals surface area contributed by atoms with Crippen LogP contribution in [0, 0.1) is 10.1 Å². The van der Waals surface area contributed by atoms with Gasteiger partial charge in [0.25, 0.3) is 0 Å². The third-order valence-electron chi connectivity index (χ3n) is 5.18. The molecule has 2 aromatic rings. The number of methoxy groups -OCH3 is 1. The van der Waals surface area contributed by atoms with Gasteiger partial charge in [-0.15, -0.1) is 16.4 Å². The predicted molar refractivity (Wildman–Crippen MR) is 115 cm³/mol. The Morgan fingerprint density at radius 2 is 2.13 bits per heavy atom. The lowest BCUT2D eigenvalue weighted by atomic mass is 9.95. The molecule has 168 valence electrons. The molecule has 31 heavy (non-hydrogen) atoms. The topological polar surface area (TPSA) is 126 Å². The van der Waals surface area contributed by atoms with Crippen molar-refractivity contribution in [2.24, 2.45) is 0 Å². The van der Waals surface area contributed by atoms with Crippen LogP contribution < -0.4 is 10.1 Å². The second-order valence-corrected chi connectivity index (χ2v) is 8.49. The van der Waals surface area contributed by atoms with Gasteiger partial charge in [-0.2, -0.15) is 0 Å². The van der Waals surface area contributed by atoms with Crippen molar-refractivity contribution in [3.63, 3.8) is 0 Å². The van der Waals surface area contributed by atoms with Crippen molar-refractivity contribution in [1.29, 1.82) is 0 Å². The molecule has 2 aromatic heterocycles. The Morgan fingerprint density at radius 3 is 2.77 bits per heavy atom. The van der Waals surface area contributed by atoms with Crippen LogP contribution in [-0.4, -0.2) is 39.8 Å². The van der Waals surface area contributed by atoms with Crippen LogP contribution in [-0.2, 0) is 28.9 Å². The summed E-state index contributed by atoms with van der Waals surface area (Å²) in [7, 11) is 1.30. The minimum Gasteiger partial charge on any atom is -0.475 e. The highest BCUT2D eigenvalue weighted by Gasteiger charge is 2.28. The second-order valence-electron chi connectivity index (χ2n) is 7.38. The summed E-state index contributed by atoms with van der Waals surface area (Å²) in [6.45, 7) is 3.92. The van der Waals surface area contributed by atoms with E-state index in [1.165, 1.54) is 29.3 Å². The average Bonchev–Trinajstić information content (AvgIpc) is 3.33. The summed E-state index contributed by atoms with van der Waals surface area (Å²) in [5.41, 5.74) is 1.18. The van der Waals surface area contributed by atoms with E-state index in [1.807, 2.05) is 13.8 Å². The summed E-state index contributed by atoms with van der Waals surface area (Å²) in [6, 6.07) is 0. The third kappa shape index (κ3) is 5.22. The number of hydrogen-bond acceptors (Lipinski definition) is 8. The molecule has 2 heterocycles. The van der Waals surface area contributed by atoms with Crippen molar-refractivity contribution in [3.05, 3.63) is 32.3 Å². The van der Waals surface area contributed by atoms with E-state index in [4.69, 9.17) is 9.47 Å². The van der Waals surface area contributed by atoms with E-state index in [1.54, 1.807) is 0 Å². The van der Waals surface area contributed by atoms with E-state index in [-0.39, 0.29) is 36.5 Å². The lowest BCUT2D eigenvalue weighted by Crippen LogP contribution is -2.19. The zero-order chi connectivity index (χ0) is 22.5. The molecule has 10 nitrogen and oxygen atoms in total. The first kappa shape index (κ1) is 22.7. The standard InChI is InChI=1S/C20H26N4O6S/c1-4-12(2)30-20(26)17-13-7-5-6-8-15(13)31-19(17)21-16(25)9-10-23-11-14(24(27)28)18(22-23)29-3/h11-12H,4-10H2,1-3H3,(H,21,25). The van der Waals surface area contributed by atoms with Crippen molar-refractivity contribution in [1.82, 2.24) is 9.78 Å². The number of thiophene rings is 1. The molecule has 3 rings (SSSR count). The number of aryl methyl sites for hydroxylation is 2. The number of carbonyl (C=O) groups excluding carboxylic acids is 2. The number of nitrogens with zero attached hydrogens (tertiary/aromatic N) is 3. The van der Waals surface area contributed by atoms with Gasteiger partial charge in [0.1, 0.15) is 11.2 Å². The van der Waals surface area contributed by atoms with E-state index in [0.29, 0.717) is 17.0 Å². The molecule has 1 atom stereocenters. The quantitative estimate of drug-likeness (QED) is 0.350. The van der Waals surface area contributed by atoms with Gasteiger partial charge in [-0.1, -0.05) is 6.92 Å². The fourth-order valence-electron chi connectivity index (χ4n) is 3.38. The Balaban J connectivity index is 1.73. The first-order valence-electron chi connectivity index (χ1n) is 10.2. The van der Waals surface area contributed by atoms with Gasteiger partial charge in [-0.05, 0) is 44.6 Å². The molecule has 0 radical (unpaired) electrons. The van der Waals surface area contributed by atoms with E-state index in [2.05, 4.69) is 10.4 Å². The second kappa shape index (κ2) is 9.90. The molecule has 0 aliphatic heterocycles. The van der Waals surface area contributed by atoms with E-state index in [9.17, 15) is 19.7 Å². The largest absolute Gasteiger partial charge is 0.475 e. The van der Waals surface area contributed by atoms with Crippen LogP contribution in [0.25, 0.3) is 0 Å². The van der Waals surface area contributed by atoms with Gasteiger partial charge in [-0.3, -0.25) is 19.6 Å². The molecule has 1 amide bonds. The van der Waals surface area contributed by atoms with Gasteiger partial charge < -0.3 is 14.8 Å². The number of aromatic nitrogens is 2. The summed E-state index contributed by atoms with van der Waals surface area (Å²) in [4.78, 5) is 36.9. The first-order chi connectivity index (χ1) is 14.8. The fraction of sp³-hybridized carbons (Fsp3) is 0.550.